The van der Waals surface area contributed by atoms with Crippen LogP contribution in [0.5, 0.6) is 0 Å². The summed E-state index contributed by atoms with van der Waals surface area (Å²) < 4.78 is 0. The van der Waals surface area contributed by atoms with E-state index in [0.29, 0.717) is 24.3 Å². The number of aromatic nitrogens is 1. The zero-order chi connectivity index (χ0) is 24.3. The smallest absolute Gasteiger partial charge is 0.315 e. The molecule has 2 aromatic rings. The van der Waals surface area contributed by atoms with E-state index < -0.39 is 0 Å². The lowest BCUT2D eigenvalue weighted by atomic mass is 9.53. The minimum atomic E-state index is -0.216. The Labute approximate surface area is 205 Å². The molecule has 1 aromatic carbocycles. The van der Waals surface area contributed by atoms with Crippen LogP contribution in [0.2, 0.25) is 0 Å². The zero-order valence-electron chi connectivity index (χ0n) is 19.9. The van der Waals surface area contributed by atoms with E-state index in [1.54, 1.807) is 30.6 Å². The molecular weight excluding hydrogens is 442 g/mol. The Balaban J connectivity index is 1.03. The second-order valence-corrected chi connectivity index (χ2v) is 10.5. The van der Waals surface area contributed by atoms with Gasteiger partial charge in [-0.25, -0.2) is 4.79 Å². The molecule has 8 heteroatoms. The van der Waals surface area contributed by atoms with Crippen molar-refractivity contribution in [2.24, 2.45) is 17.8 Å². The number of nitrogens with zero attached hydrogens (tertiary/aromatic N) is 1. The summed E-state index contributed by atoms with van der Waals surface area (Å²) in [6.07, 6.45) is 10.7. The molecule has 0 unspecified atom stereocenters. The van der Waals surface area contributed by atoms with Crippen molar-refractivity contribution in [1.29, 1.82) is 0 Å². The number of hydrogen-bond donors (Lipinski definition) is 4. The van der Waals surface area contributed by atoms with Crippen LogP contribution in [0.1, 0.15) is 60.9 Å². The van der Waals surface area contributed by atoms with Crippen LogP contribution in [0.4, 0.5) is 10.5 Å². The van der Waals surface area contributed by atoms with Gasteiger partial charge in [-0.2, -0.15) is 0 Å². The molecule has 35 heavy (non-hydrogen) atoms. The number of nitrogens with one attached hydrogen (secondary N) is 4. The van der Waals surface area contributed by atoms with Crippen molar-refractivity contribution in [1.82, 2.24) is 20.9 Å². The first-order valence-corrected chi connectivity index (χ1v) is 12.6. The van der Waals surface area contributed by atoms with Gasteiger partial charge in [0.25, 0.3) is 5.91 Å². The van der Waals surface area contributed by atoms with Crippen molar-refractivity contribution in [3.8, 4) is 0 Å². The summed E-state index contributed by atoms with van der Waals surface area (Å²) in [4.78, 5) is 41.1. The molecule has 4 aliphatic carbocycles. The van der Waals surface area contributed by atoms with Crippen LogP contribution in [0.25, 0.3) is 0 Å². The molecule has 6 rings (SSSR count). The molecule has 0 saturated heterocycles. The summed E-state index contributed by atoms with van der Waals surface area (Å²) in [7, 11) is 0. The van der Waals surface area contributed by atoms with E-state index in [2.05, 4.69) is 26.3 Å². The second kappa shape index (κ2) is 10.1. The standard InChI is InChI=1S/C27H33N5O3/c33-24(6-9-29-26(35)32-27-14-19-10-20(15-27)12-21(11-19)16-27)30-17-18-2-1-3-23(13-18)31-25(34)22-4-7-28-8-5-22/h1-5,7-8,13,19-21H,6,9-12,14-17H2,(H,30,33)(H,31,34)(H2,29,32,35). The summed E-state index contributed by atoms with van der Waals surface area (Å²) >= 11 is 0. The molecule has 1 heterocycles. The van der Waals surface area contributed by atoms with E-state index in [9.17, 15) is 14.4 Å². The summed E-state index contributed by atoms with van der Waals surface area (Å²) in [5.74, 6) is 1.97. The fourth-order valence-electron chi connectivity index (χ4n) is 6.59. The van der Waals surface area contributed by atoms with Gasteiger partial charge < -0.3 is 21.3 Å². The third kappa shape index (κ3) is 5.81. The topological polar surface area (TPSA) is 112 Å². The van der Waals surface area contributed by atoms with Gasteiger partial charge in [-0.1, -0.05) is 12.1 Å². The van der Waals surface area contributed by atoms with Crippen molar-refractivity contribution in [3.63, 3.8) is 0 Å². The van der Waals surface area contributed by atoms with Gasteiger partial charge in [0.1, 0.15) is 0 Å². The molecule has 4 N–H and O–H groups in total. The summed E-state index contributed by atoms with van der Waals surface area (Å²) in [5.41, 5.74) is 2.03. The van der Waals surface area contributed by atoms with Crippen molar-refractivity contribution >= 4 is 23.5 Å². The first-order valence-electron chi connectivity index (χ1n) is 12.6. The summed E-state index contributed by atoms with van der Waals surface area (Å²) in [6.45, 7) is 0.642. The Morgan fingerprint density at radius 1 is 0.914 bits per heavy atom. The Bertz CT molecular complexity index is 1050. The first kappa shape index (κ1) is 23.3. The number of carbonyl (C=O) groups excluding carboxylic acids is 3. The predicted molar refractivity (Wildman–Crippen MR) is 133 cm³/mol. The number of rotatable bonds is 8. The van der Waals surface area contributed by atoms with E-state index in [0.717, 1.165) is 42.6 Å². The van der Waals surface area contributed by atoms with Crippen LogP contribution >= 0.6 is 0 Å². The molecule has 4 saturated carbocycles. The van der Waals surface area contributed by atoms with Crippen molar-refractivity contribution in [2.75, 3.05) is 11.9 Å². The molecular formula is C27H33N5O3. The predicted octanol–water partition coefficient (Wildman–Crippen LogP) is 3.61. The molecule has 184 valence electrons. The quantitative estimate of drug-likeness (QED) is 0.467. The largest absolute Gasteiger partial charge is 0.352 e. The Kier molecular flexibility index (Phi) is 6.70. The lowest BCUT2D eigenvalue weighted by molar-refractivity contribution is -0.121. The summed E-state index contributed by atoms with van der Waals surface area (Å²) in [6, 6.07) is 10.5. The Morgan fingerprint density at radius 2 is 1.60 bits per heavy atom. The van der Waals surface area contributed by atoms with Crippen LogP contribution in [0.15, 0.2) is 48.8 Å². The van der Waals surface area contributed by atoms with Crippen molar-refractivity contribution in [3.05, 3.63) is 59.9 Å². The van der Waals surface area contributed by atoms with Gasteiger partial charge in [0.2, 0.25) is 5.91 Å². The molecule has 4 amide bonds. The lowest BCUT2D eigenvalue weighted by Crippen LogP contribution is -2.61. The normalized spacial score (nSPS) is 26.1. The lowest BCUT2D eigenvalue weighted by Gasteiger charge is -2.56. The maximum absolute atomic E-state index is 12.5. The highest BCUT2D eigenvalue weighted by molar-refractivity contribution is 6.04. The van der Waals surface area contributed by atoms with Gasteiger partial charge in [-0.3, -0.25) is 14.6 Å². The Hall–Kier alpha value is -3.42. The SMILES string of the molecule is O=C(CCNC(=O)NC12CC3CC(CC(C3)C1)C2)NCc1cccc(NC(=O)c2ccncc2)c1. The van der Waals surface area contributed by atoms with Gasteiger partial charge in [0.05, 0.1) is 0 Å². The molecule has 4 fully saturated rings. The van der Waals surface area contributed by atoms with Crippen LogP contribution < -0.4 is 21.3 Å². The highest BCUT2D eigenvalue weighted by Gasteiger charge is 2.51. The van der Waals surface area contributed by atoms with Crippen molar-refractivity contribution < 1.29 is 14.4 Å². The molecule has 0 atom stereocenters. The van der Waals surface area contributed by atoms with E-state index in [1.807, 2.05) is 18.2 Å². The molecule has 0 radical (unpaired) electrons. The van der Waals surface area contributed by atoms with Gasteiger partial charge in [0.15, 0.2) is 0 Å². The monoisotopic (exact) mass is 475 g/mol. The van der Waals surface area contributed by atoms with E-state index in [1.165, 1.54) is 19.3 Å². The minimum Gasteiger partial charge on any atom is -0.352 e. The molecule has 4 bridgehead atoms. The number of urea groups is 1. The molecule has 4 aliphatic rings. The second-order valence-electron chi connectivity index (χ2n) is 10.5. The van der Waals surface area contributed by atoms with Gasteiger partial charge in [-0.05, 0) is 86.1 Å². The average Bonchev–Trinajstić information content (AvgIpc) is 2.82. The number of benzene rings is 1. The average molecular weight is 476 g/mol. The molecule has 0 aliphatic heterocycles. The fourth-order valence-corrected chi connectivity index (χ4v) is 6.59. The van der Waals surface area contributed by atoms with E-state index in [4.69, 9.17) is 0 Å². The number of anilines is 1. The minimum absolute atomic E-state index is 0.0288. The summed E-state index contributed by atoms with van der Waals surface area (Å²) in [5, 5.41) is 11.9. The van der Waals surface area contributed by atoms with Crippen LogP contribution in [-0.4, -0.2) is 34.9 Å². The highest BCUT2D eigenvalue weighted by atomic mass is 16.2. The number of carbonyl (C=O) groups is 3. The number of pyridine rings is 1. The van der Waals surface area contributed by atoms with Gasteiger partial charge >= 0.3 is 6.03 Å². The molecule has 8 nitrogen and oxygen atoms in total. The van der Waals surface area contributed by atoms with Crippen molar-refractivity contribution in [2.45, 2.75) is 57.0 Å². The number of amides is 4. The third-order valence-electron chi connectivity index (χ3n) is 7.67. The maximum atomic E-state index is 12.5. The molecule has 1 aromatic heterocycles. The maximum Gasteiger partial charge on any atom is 0.315 e. The number of hydrogen-bond acceptors (Lipinski definition) is 4. The van der Waals surface area contributed by atoms with Gasteiger partial charge in [-0.15, -0.1) is 0 Å². The van der Waals surface area contributed by atoms with E-state index >= 15 is 0 Å². The van der Waals surface area contributed by atoms with Gasteiger partial charge in [0, 0.05) is 48.7 Å². The fraction of sp³-hybridized carbons (Fsp3) is 0.481. The molecule has 0 spiro atoms. The first-order chi connectivity index (χ1) is 17.0. The van der Waals surface area contributed by atoms with Crippen LogP contribution in [0, 0.1) is 17.8 Å². The van der Waals surface area contributed by atoms with E-state index in [-0.39, 0.29) is 29.8 Å². The highest BCUT2D eigenvalue weighted by Crippen LogP contribution is 2.55. The van der Waals surface area contributed by atoms with Crippen LogP contribution in [-0.2, 0) is 11.3 Å². The third-order valence-corrected chi connectivity index (χ3v) is 7.67. The zero-order valence-corrected chi connectivity index (χ0v) is 19.9. The van der Waals surface area contributed by atoms with Crippen LogP contribution in [0.3, 0.4) is 0 Å². The Morgan fingerprint density at radius 3 is 2.29 bits per heavy atom.